The second-order valence-corrected chi connectivity index (χ2v) is 12.7. The third kappa shape index (κ3) is 6.80. The lowest BCUT2D eigenvalue weighted by Crippen LogP contribution is -2.47. The largest absolute Gasteiger partial charge is 0.493 e. The molecule has 1 saturated carbocycles. The van der Waals surface area contributed by atoms with Crippen molar-refractivity contribution in [1.82, 2.24) is 0 Å². The number of hydrogen-bond acceptors (Lipinski definition) is 10. The molecule has 0 aromatic heterocycles. The molecule has 7 atom stereocenters. The third-order valence-electron chi connectivity index (χ3n) is 9.25. The van der Waals surface area contributed by atoms with Crippen LogP contribution in [0.3, 0.4) is 0 Å². The van der Waals surface area contributed by atoms with E-state index in [0.717, 1.165) is 36.1 Å². The summed E-state index contributed by atoms with van der Waals surface area (Å²) >= 11 is 0. The zero-order chi connectivity index (χ0) is 33.8. The van der Waals surface area contributed by atoms with Crippen molar-refractivity contribution in [2.24, 2.45) is 17.8 Å². The third-order valence-corrected chi connectivity index (χ3v) is 9.25. The summed E-state index contributed by atoms with van der Waals surface area (Å²) in [6.07, 6.45) is 8.20. The van der Waals surface area contributed by atoms with Crippen LogP contribution in [0.2, 0.25) is 0 Å². The summed E-state index contributed by atoms with van der Waals surface area (Å²) in [5, 5.41) is 18.9. The smallest absolute Gasteiger partial charge is 0.178 e. The van der Waals surface area contributed by atoms with E-state index in [2.05, 4.69) is 20.8 Å². The minimum atomic E-state index is -1.43. The molecule has 252 valence electrons. The molecule has 10 nitrogen and oxygen atoms in total. The van der Waals surface area contributed by atoms with E-state index in [-0.39, 0.29) is 30.3 Å². The van der Waals surface area contributed by atoms with Gasteiger partial charge in [-0.2, -0.15) is 0 Å². The van der Waals surface area contributed by atoms with Gasteiger partial charge in [-0.15, -0.1) is 0 Å². The van der Waals surface area contributed by atoms with Crippen molar-refractivity contribution >= 4 is 17.9 Å². The van der Waals surface area contributed by atoms with Crippen LogP contribution in [0.15, 0.2) is 48.6 Å². The Morgan fingerprint density at radius 3 is 2.45 bits per heavy atom. The minimum Gasteiger partial charge on any atom is -0.493 e. The van der Waals surface area contributed by atoms with Crippen LogP contribution in [0.4, 0.5) is 0 Å². The van der Waals surface area contributed by atoms with E-state index >= 15 is 0 Å². The number of benzene rings is 2. The molecule has 0 amide bonds. The van der Waals surface area contributed by atoms with E-state index in [1.807, 2.05) is 30.4 Å². The number of rotatable bonds is 8. The molecule has 1 aliphatic carbocycles. The Bertz CT molecular complexity index is 1540. The lowest BCUT2D eigenvalue weighted by molar-refractivity contribution is -0.146. The van der Waals surface area contributed by atoms with E-state index < -0.39 is 29.8 Å². The Labute approximate surface area is 275 Å². The van der Waals surface area contributed by atoms with E-state index in [9.17, 15) is 24.6 Å². The zero-order valence-electron chi connectivity index (χ0n) is 27.5. The number of hydrogen-bond donors (Lipinski definition) is 2. The fourth-order valence-electron chi connectivity index (χ4n) is 6.53. The lowest BCUT2D eigenvalue weighted by Gasteiger charge is -2.37. The average molecular weight is 649 g/mol. The highest BCUT2D eigenvalue weighted by atomic mass is 16.5. The van der Waals surface area contributed by atoms with Crippen LogP contribution in [0.5, 0.6) is 28.7 Å². The molecule has 2 aromatic rings. The number of Topliss-reactive ketones (excluding diaryl/α,β-unsaturated/α-hetero) is 2. The van der Waals surface area contributed by atoms with Gasteiger partial charge in [0.15, 0.2) is 23.1 Å². The van der Waals surface area contributed by atoms with Crippen LogP contribution in [0.25, 0.3) is 0 Å². The normalized spacial score (nSPS) is 27.4. The van der Waals surface area contributed by atoms with Gasteiger partial charge in [-0.3, -0.25) is 9.59 Å². The second kappa shape index (κ2) is 14.7. The van der Waals surface area contributed by atoms with Gasteiger partial charge in [0.05, 0.1) is 37.7 Å². The molecule has 2 aromatic carbocycles. The monoisotopic (exact) mass is 648 g/mol. The molecule has 0 saturated heterocycles. The summed E-state index contributed by atoms with van der Waals surface area (Å²) in [6, 6.07) is 7.32. The molecule has 3 heterocycles. The Morgan fingerprint density at radius 2 is 1.77 bits per heavy atom. The first-order valence-electron chi connectivity index (χ1n) is 16.2. The van der Waals surface area contributed by atoms with Crippen LogP contribution < -0.4 is 23.7 Å². The topological polar surface area (TPSA) is 138 Å². The quantitative estimate of drug-likeness (QED) is 0.233. The number of unbranched alkanes of at least 4 members (excludes halogenated alkanes) is 1. The SMILES string of the molecule is CCCC=CC=CC1CC(O)C(O)C(=O)C1C=O.COc1cc2c(cc1OC)C1C(=O)c3ccc4c(c3OC1CO2)CC(C(C)C)O4. The van der Waals surface area contributed by atoms with Crippen molar-refractivity contribution in [2.75, 3.05) is 20.8 Å². The number of carbonyl (C=O) groups excluding carboxylic acids is 3. The number of fused-ring (bicyclic) bond motifs is 6. The van der Waals surface area contributed by atoms with Gasteiger partial charge >= 0.3 is 0 Å². The van der Waals surface area contributed by atoms with Gasteiger partial charge in [0.25, 0.3) is 0 Å². The highest BCUT2D eigenvalue weighted by Crippen LogP contribution is 2.50. The molecule has 0 radical (unpaired) electrons. The van der Waals surface area contributed by atoms with Crippen molar-refractivity contribution in [2.45, 2.75) is 76.8 Å². The van der Waals surface area contributed by atoms with Crippen LogP contribution in [0.1, 0.15) is 67.4 Å². The number of ketones is 2. The highest BCUT2D eigenvalue weighted by molar-refractivity contribution is 6.06. The van der Waals surface area contributed by atoms with Crippen LogP contribution in [-0.2, 0) is 16.0 Å². The van der Waals surface area contributed by atoms with Gasteiger partial charge in [0.1, 0.15) is 48.5 Å². The summed E-state index contributed by atoms with van der Waals surface area (Å²) in [4.78, 5) is 36.1. The van der Waals surface area contributed by atoms with Gasteiger partial charge in [0, 0.05) is 23.6 Å². The molecular formula is C37H44O10. The zero-order valence-corrected chi connectivity index (χ0v) is 27.5. The van der Waals surface area contributed by atoms with Crippen molar-refractivity contribution in [1.29, 1.82) is 0 Å². The molecule has 0 bridgehead atoms. The predicted octanol–water partition coefficient (Wildman–Crippen LogP) is 4.81. The molecule has 1 fully saturated rings. The first kappa shape index (κ1) is 34.2. The number of aliphatic hydroxyl groups excluding tert-OH is 2. The maximum atomic E-state index is 13.5. The van der Waals surface area contributed by atoms with E-state index in [0.29, 0.717) is 47.4 Å². The fourth-order valence-corrected chi connectivity index (χ4v) is 6.53. The summed E-state index contributed by atoms with van der Waals surface area (Å²) in [5.74, 6) is 1.47. The van der Waals surface area contributed by atoms with Gasteiger partial charge in [-0.1, -0.05) is 51.5 Å². The average Bonchev–Trinajstić information content (AvgIpc) is 3.52. The number of aldehydes is 1. The van der Waals surface area contributed by atoms with Gasteiger partial charge in [0.2, 0.25) is 0 Å². The number of allylic oxidation sites excluding steroid dienone is 4. The highest BCUT2D eigenvalue weighted by Gasteiger charge is 2.46. The summed E-state index contributed by atoms with van der Waals surface area (Å²) in [6.45, 7) is 6.65. The van der Waals surface area contributed by atoms with Crippen LogP contribution in [0, 0.1) is 17.8 Å². The Kier molecular flexibility index (Phi) is 10.7. The molecule has 0 spiro atoms. The maximum absolute atomic E-state index is 13.5. The summed E-state index contributed by atoms with van der Waals surface area (Å²) in [7, 11) is 3.16. The molecule has 4 aliphatic rings. The van der Waals surface area contributed by atoms with Crippen LogP contribution in [-0.4, -0.2) is 73.3 Å². The molecule has 7 unspecified atom stereocenters. The van der Waals surface area contributed by atoms with E-state index in [1.165, 1.54) is 0 Å². The molecule has 47 heavy (non-hydrogen) atoms. The molecule has 3 aliphatic heterocycles. The molecule has 10 heteroatoms. The minimum absolute atomic E-state index is 0.0452. The number of methoxy groups -OCH3 is 2. The van der Waals surface area contributed by atoms with Crippen LogP contribution >= 0.6 is 0 Å². The number of carbonyl (C=O) groups is 3. The first-order valence-corrected chi connectivity index (χ1v) is 16.2. The van der Waals surface area contributed by atoms with Crippen molar-refractivity contribution in [3.63, 3.8) is 0 Å². The van der Waals surface area contributed by atoms with Gasteiger partial charge in [-0.05, 0) is 42.9 Å². The standard InChI is InChI=1S/C23H24O6.C14H20O4/c1-11(2)16-8-14-15(28-16)6-5-12-22(24)21-13-7-18(25-3)19(26-4)9-17(13)27-10-20(21)29-23(12)14;1-2-3-4-5-6-7-10-8-12(16)14(18)13(17)11(10)9-15/h5-7,9,11,16,20-21H,8,10H2,1-4H3;4-7,9-12,14,16,18H,2-3,8H2,1H3. The Balaban J connectivity index is 0.000000209. The van der Waals surface area contributed by atoms with E-state index in [1.54, 1.807) is 32.4 Å². The summed E-state index contributed by atoms with van der Waals surface area (Å²) in [5.41, 5.74) is 2.37. The maximum Gasteiger partial charge on any atom is 0.178 e. The first-order chi connectivity index (χ1) is 22.6. The Hall–Kier alpha value is -4.15. The van der Waals surface area contributed by atoms with Crippen molar-refractivity contribution in [3.8, 4) is 28.7 Å². The molecular weight excluding hydrogens is 604 g/mol. The molecule has 6 rings (SSSR count). The molecule has 2 N–H and O–H groups in total. The van der Waals surface area contributed by atoms with Gasteiger partial charge < -0.3 is 38.7 Å². The Morgan fingerprint density at radius 1 is 1.02 bits per heavy atom. The van der Waals surface area contributed by atoms with Crippen molar-refractivity contribution in [3.05, 3.63) is 65.3 Å². The summed E-state index contributed by atoms with van der Waals surface area (Å²) < 4.78 is 29.2. The van der Waals surface area contributed by atoms with Crippen molar-refractivity contribution < 1.29 is 48.3 Å². The number of ether oxygens (including phenoxy) is 5. The second-order valence-electron chi connectivity index (χ2n) is 12.7. The lowest BCUT2D eigenvalue weighted by atomic mass is 9.76. The fraction of sp³-hybridized carbons (Fsp3) is 0.486. The number of aliphatic hydroxyl groups is 2. The van der Waals surface area contributed by atoms with E-state index in [4.69, 9.17) is 23.7 Å². The van der Waals surface area contributed by atoms with Gasteiger partial charge in [-0.25, -0.2) is 0 Å². The predicted molar refractivity (Wildman–Crippen MR) is 174 cm³/mol.